The Kier molecular flexibility index (Phi) is 4.73. The van der Waals surface area contributed by atoms with Crippen molar-refractivity contribution in [3.63, 3.8) is 0 Å². The van der Waals surface area contributed by atoms with Gasteiger partial charge in [0.15, 0.2) is 0 Å². The van der Waals surface area contributed by atoms with Crippen molar-refractivity contribution in [2.45, 2.75) is 5.92 Å². The van der Waals surface area contributed by atoms with Crippen LogP contribution in [0.4, 0.5) is 14.5 Å². The van der Waals surface area contributed by atoms with E-state index in [1.54, 1.807) is 0 Å². The lowest BCUT2D eigenvalue weighted by Crippen LogP contribution is -2.39. The number of halogens is 3. The molecule has 104 valence electrons. The third-order valence-corrected chi connectivity index (χ3v) is 2.47. The van der Waals surface area contributed by atoms with Crippen molar-refractivity contribution >= 4 is 23.2 Å². The number of rotatable bonds is 5. The Labute approximate surface area is 111 Å². The Morgan fingerprint density at radius 3 is 2.68 bits per heavy atom. The third-order valence-electron chi connectivity index (χ3n) is 2.14. The average molecular weight is 295 g/mol. The summed E-state index contributed by atoms with van der Waals surface area (Å²) in [4.78, 5) is 21.4. The molecule has 0 spiro atoms. The summed E-state index contributed by atoms with van der Waals surface area (Å²) < 4.78 is 25.5. The van der Waals surface area contributed by atoms with Crippen LogP contribution in [0.2, 0.25) is 5.02 Å². The number of nitro benzene ring substituents is 1. The number of aliphatic hydroxyl groups excluding tert-OH is 1. The van der Waals surface area contributed by atoms with E-state index in [0.717, 1.165) is 18.2 Å². The van der Waals surface area contributed by atoms with Crippen LogP contribution >= 0.6 is 11.6 Å². The third kappa shape index (κ3) is 4.11. The fraction of sp³-hybridized carbons (Fsp3) is 0.300. The number of hydrogen-bond acceptors (Lipinski definition) is 4. The summed E-state index contributed by atoms with van der Waals surface area (Å²) >= 11 is 5.66. The molecule has 1 amide bonds. The van der Waals surface area contributed by atoms with Crippen LogP contribution in [-0.4, -0.2) is 35.0 Å². The van der Waals surface area contributed by atoms with Gasteiger partial charge in [-0.2, -0.15) is 0 Å². The minimum absolute atomic E-state index is 0.101. The van der Waals surface area contributed by atoms with Crippen molar-refractivity contribution in [3.8, 4) is 0 Å². The number of carbonyl (C=O) groups is 1. The van der Waals surface area contributed by atoms with E-state index in [1.165, 1.54) is 0 Å². The van der Waals surface area contributed by atoms with Crippen LogP contribution in [0, 0.1) is 10.1 Å². The fourth-order valence-corrected chi connectivity index (χ4v) is 1.36. The molecule has 0 atom stereocenters. The minimum atomic E-state index is -3.47. The summed E-state index contributed by atoms with van der Waals surface area (Å²) in [5, 5.41) is 20.6. The topological polar surface area (TPSA) is 92.5 Å². The molecule has 0 saturated heterocycles. The zero-order chi connectivity index (χ0) is 14.6. The van der Waals surface area contributed by atoms with E-state index in [0.29, 0.717) is 0 Å². The largest absolute Gasteiger partial charge is 0.390 e. The molecule has 19 heavy (non-hydrogen) atoms. The second-order valence-corrected chi connectivity index (χ2v) is 4.03. The number of hydrogen-bond donors (Lipinski definition) is 2. The molecule has 0 aliphatic heterocycles. The highest BCUT2D eigenvalue weighted by molar-refractivity contribution is 6.33. The highest BCUT2D eigenvalue weighted by Crippen LogP contribution is 2.22. The summed E-state index contributed by atoms with van der Waals surface area (Å²) in [6, 6.07) is 3.09. The van der Waals surface area contributed by atoms with Crippen LogP contribution in [0.5, 0.6) is 0 Å². The van der Waals surface area contributed by atoms with Crippen LogP contribution in [-0.2, 0) is 0 Å². The first kappa shape index (κ1) is 15.3. The van der Waals surface area contributed by atoms with Gasteiger partial charge in [-0.25, -0.2) is 8.78 Å². The number of alkyl halides is 2. The number of aliphatic hydroxyl groups is 1. The molecule has 0 aromatic heterocycles. The first-order valence-corrected chi connectivity index (χ1v) is 5.35. The van der Waals surface area contributed by atoms with Crippen molar-refractivity contribution in [3.05, 3.63) is 38.9 Å². The SMILES string of the molecule is O=C(NCC(F)(F)CO)c1cc([N+](=O)[O-])ccc1Cl. The van der Waals surface area contributed by atoms with E-state index in [-0.39, 0.29) is 16.3 Å². The molecule has 0 unspecified atom stereocenters. The summed E-state index contributed by atoms with van der Waals surface area (Å²) in [6.45, 7) is -2.52. The molecular formula is C10H9ClF2N2O4. The Morgan fingerprint density at radius 1 is 1.53 bits per heavy atom. The van der Waals surface area contributed by atoms with E-state index in [1.807, 2.05) is 5.32 Å². The molecule has 1 rings (SSSR count). The first-order chi connectivity index (χ1) is 8.76. The van der Waals surface area contributed by atoms with Gasteiger partial charge in [0.1, 0.15) is 6.61 Å². The Balaban J connectivity index is 2.88. The van der Waals surface area contributed by atoms with E-state index in [4.69, 9.17) is 16.7 Å². The normalized spacial score (nSPS) is 11.2. The van der Waals surface area contributed by atoms with Gasteiger partial charge >= 0.3 is 0 Å². The van der Waals surface area contributed by atoms with Gasteiger partial charge in [-0.1, -0.05) is 11.6 Å². The first-order valence-electron chi connectivity index (χ1n) is 4.97. The van der Waals surface area contributed by atoms with Crippen molar-refractivity contribution in [2.24, 2.45) is 0 Å². The van der Waals surface area contributed by atoms with Crippen molar-refractivity contribution in [1.82, 2.24) is 5.32 Å². The number of non-ortho nitro benzene ring substituents is 1. The lowest BCUT2D eigenvalue weighted by molar-refractivity contribution is -0.384. The van der Waals surface area contributed by atoms with Crippen molar-refractivity contribution < 1.29 is 23.6 Å². The number of benzene rings is 1. The van der Waals surface area contributed by atoms with Gasteiger partial charge in [0.25, 0.3) is 17.5 Å². The molecule has 0 aliphatic carbocycles. The van der Waals surface area contributed by atoms with Crippen LogP contribution in [0.15, 0.2) is 18.2 Å². The van der Waals surface area contributed by atoms with Gasteiger partial charge in [-0.05, 0) is 6.07 Å². The summed E-state index contributed by atoms with van der Waals surface area (Å²) in [7, 11) is 0. The summed E-state index contributed by atoms with van der Waals surface area (Å²) in [5.74, 6) is -4.45. The molecule has 6 nitrogen and oxygen atoms in total. The Hall–Kier alpha value is -1.80. The molecule has 0 saturated carbocycles. The van der Waals surface area contributed by atoms with Crippen LogP contribution in [0.1, 0.15) is 10.4 Å². The number of nitrogens with zero attached hydrogens (tertiary/aromatic N) is 1. The quantitative estimate of drug-likeness (QED) is 0.637. The van der Waals surface area contributed by atoms with Gasteiger partial charge in [0.2, 0.25) is 0 Å². The van der Waals surface area contributed by atoms with Gasteiger partial charge < -0.3 is 10.4 Å². The Bertz CT molecular complexity index is 510. The van der Waals surface area contributed by atoms with Crippen LogP contribution in [0.25, 0.3) is 0 Å². The second kappa shape index (κ2) is 5.89. The van der Waals surface area contributed by atoms with E-state index in [2.05, 4.69) is 0 Å². The zero-order valence-electron chi connectivity index (χ0n) is 9.40. The average Bonchev–Trinajstić information content (AvgIpc) is 2.36. The highest BCUT2D eigenvalue weighted by Gasteiger charge is 2.29. The van der Waals surface area contributed by atoms with Crippen LogP contribution in [0.3, 0.4) is 0 Å². The smallest absolute Gasteiger partial charge is 0.287 e. The number of nitro groups is 1. The monoisotopic (exact) mass is 294 g/mol. The lowest BCUT2D eigenvalue weighted by Gasteiger charge is -2.14. The minimum Gasteiger partial charge on any atom is -0.390 e. The molecule has 1 aromatic carbocycles. The number of nitrogens with one attached hydrogen (secondary N) is 1. The van der Waals surface area contributed by atoms with Gasteiger partial charge in [-0.3, -0.25) is 14.9 Å². The Morgan fingerprint density at radius 2 is 2.16 bits per heavy atom. The fourth-order valence-electron chi connectivity index (χ4n) is 1.16. The standard InChI is InChI=1S/C10H9ClF2N2O4/c11-8-2-1-6(15(18)19)3-7(8)9(17)14-4-10(12,13)5-16/h1-3,16H,4-5H2,(H,14,17). The predicted octanol–water partition coefficient (Wildman–Crippen LogP) is 1.61. The lowest BCUT2D eigenvalue weighted by atomic mass is 10.2. The number of amides is 1. The summed E-state index contributed by atoms with van der Waals surface area (Å²) in [6.07, 6.45) is 0. The molecule has 0 radical (unpaired) electrons. The van der Waals surface area contributed by atoms with Gasteiger partial charge in [0, 0.05) is 12.1 Å². The highest BCUT2D eigenvalue weighted by atomic mass is 35.5. The van der Waals surface area contributed by atoms with Crippen molar-refractivity contribution in [2.75, 3.05) is 13.2 Å². The maximum Gasteiger partial charge on any atom is 0.287 e. The van der Waals surface area contributed by atoms with Gasteiger partial charge in [-0.15, -0.1) is 0 Å². The zero-order valence-corrected chi connectivity index (χ0v) is 10.2. The van der Waals surface area contributed by atoms with E-state index >= 15 is 0 Å². The number of carbonyl (C=O) groups excluding carboxylic acids is 1. The summed E-state index contributed by atoms with van der Waals surface area (Å²) in [5.41, 5.74) is -0.673. The van der Waals surface area contributed by atoms with E-state index < -0.39 is 29.9 Å². The molecule has 0 heterocycles. The molecule has 9 heteroatoms. The molecule has 1 aromatic rings. The van der Waals surface area contributed by atoms with Gasteiger partial charge in [0.05, 0.1) is 22.1 Å². The van der Waals surface area contributed by atoms with Crippen molar-refractivity contribution in [1.29, 1.82) is 0 Å². The molecular weight excluding hydrogens is 286 g/mol. The maximum atomic E-state index is 12.7. The predicted molar refractivity (Wildman–Crippen MR) is 62.5 cm³/mol. The van der Waals surface area contributed by atoms with E-state index in [9.17, 15) is 23.7 Å². The molecule has 2 N–H and O–H groups in total. The maximum absolute atomic E-state index is 12.7. The molecule has 0 bridgehead atoms. The van der Waals surface area contributed by atoms with Crippen LogP contribution < -0.4 is 5.32 Å². The molecule has 0 fully saturated rings. The second-order valence-electron chi connectivity index (χ2n) is 3.62. The molecule has 0 aliphatic rings.